The van der Waals surface area contributed by atoms with Crippen LogP contribution in [0.4, 0.5) is 5.13 Å². The number of carbonyl (C=O) groups excluding carboxylic acids is 3. The molecule has 0 spiro atoms. The summed E-state index contributed by atoms with van der Waals surface area (Å²) in [6.07, 6.45) is 0. The second kappa shape index (κ2) is 7.33. The summed E-state index contributed by atoms with van der Waals surface area (Å²) >= 11 is 0.959. The van der Waals surface area contributed by atoms with Crippen molar-refractivity contribution in [3.05, 3.63) is 11.1 Å². The van der Waals surface area contributed by atoms with E-state index in [2.05, 4.69) is 15.5 Å². The summed E-state index contributed by atoms with van der Waals surface area (Å²) in [6, 6.07) is -2.44. The number of carbonyl (C=O) groups is 3. The number of amides is 2. The minimum absolute atomic E-state index is 0.0677. The largest absolute Gasteiger partial charge is 0.731 e. The second-order valence-corrected chi connectivity index (χ2v) is 8.32. The molecule has 0 aliphatic carbocycles. The van der Waals surface area contributed by atoms with Crippen molar-refractivity contribution in [2.24, 2.45) is 5.16 Å². The number of nitrogens with two attached hydrogens (primary N) is 1. The maximum absolute atomic E-state index is 12.5. The molecule has 15 heteroatoms. The highest BCUT2D eigenvalue weighted by molar-refractivity contribution is 7.84. The fourth-order valence-corrected chi connectivity index (χ4v) is 3.51. The van der Waals surface area contributed by atoms with Crippen molar-refractivity contribution in [1.82, 2.24) is 14.6 Å². The standard InChI is InChI=1S/C13H17N5O8S2/c1-5-7(10(20)18(5)28(23,24)25)16-9(19)8(6-4-27-12(14)15-6)17-26-13(2,3)11(21)22/h4-5,7H,1-3H3,(H2,14,15)(H,16,19)(H,21,22)(H,23,24,25)/p-2/b17-8+. The third-order valence-corrected chi connectivity index (χ3v) is 5.37. The van der Waals surface area contributed by atoms with Crippen LogP contribution >= 0.6 is 11.3 Å². The fraction of sp³-hybridized carbons (Fsp3) is 0.462. The van der Waals surface area contributed by atoms with Crippen LogP contribution in [-0.2, 0) is 29.5 Å². The van der Waals surface area contributed by atoms with E-state index in [-0.39, 0.29) is 15.1 Å². The van der Waals surface area contributed by atoms with E-state index in [4.69, 9.17) is 10.6 Å². The summed E-state index contributed by atoms with van der Waals surface area (Å²) < 4.78 is 33.1. The van der Waals surface area contributed by atoms with E-state index in [1.165, 1.54) is 12.3 Å². The van der Waals surface area contributed by atoms with Gasteiger partial charge in [0.15, 0.2) is 26.7 Å². The molecule has 1 aromatic rings. The van der Waals surface area contributed by atoms with Crippen molar-refractivity contribution >= 4 is 50.3 Å². The van der Waals surface area contributed by atoms with Gasteiger partial charge < -0.3 is 30.3 Å². The molecule has 2 amide bonds. The Morgan fingerprint density at radius 1 is 1.46 bits per heavy atom. The van der Waals surface area contributed by atoms with Crippen LogP contribution in [0.5, 0.6) is 0 Å². The lowest BCUT2D eigenvalue weighted by Gasteiger charge is -2.45. The number of anilines is 1. The highest BCUT2D eigenvalue weighted by Gasteiger charge is 2.49. The number of aliphatic carboxylic acids is 1. The van der Waals surface area contributed by atoms with Crippen LogP contribution in [0.15, 0.2) is 10.5 Å². The van der Waals surface area contributed by atoms with Crippen molar-refractivity contribution in [2.45, 2.75) is 38.5 Å². The molecule has 3 N–H and O–H groups in total. The molecule has 2 heterocycles. The molecule has 0 aromatic carbocycles. The minimum atomic E-state index is -5.01. The summed E-state index contributed by atoms with van der Waals surface area (Å²) in [4.78, 5) is 44.1. The van der Waals surface area contributed by atoms with E-state index < -0.39 is 51.5 Å². The molecule has 2 unspecified atom stereocenters. The van der Waals surface area contributed by atoms with Gasteiger partial charge in [-0.3, -0.25) is 9.59 Å². The van der Waals surface area contributed by atoms with Crippen LogP contribution in [0.1, 0.15) is 26.5 Å². The van der Waals surface area contributed by atoms with Crippen molar-refractivity contribution in [2.75, 3.05) is 5.73 Å². The third-order valence-electron chi connectivity index (χ3n) is 3.70. The molecule has 1 aromatic heterocycles. The molecule has 0 bridgehead atoms. The van der Waals surface area contributed by atoms with Crippen LogP contribution in [-0.4, -0.2) is 63.4 Å². The lowest BCUT2D eigenvalue weighted by Crippen LogP contribution is -2.71. The Kier molecular flexibility index (Phi) is 5.63. The monoisotopic (exact) mass is 433 g/mol. The highest BCUT2D eigenvalue weighted by atomic mass is 32.2. The topological polar surface area (TPSA) is 207 Å². The molecule has 1 aliphatic heterocycles. The number of nitrogen functional groups attached to an aromatic ring is 1. The molecule has 0 saturated carbocycles. The van der Waals surface area contributed by atoms with Crippen LogP contribution < -0.4 is 16.2 Å². The Bertz CT molecular complexity index is 954. The van der Waals surface area contributed by atoms with E-state index in [1.807, 2.05) is 0 Å². The molecule has 0 radical (unpaired) electrons. The molecule has 1 saturated heterocycles. The quantitative estimate of drug-likeness (QED) is 0.195. The number of β-lactam (4-membered cyclic amide) rings is 1. The minimum Gasteiger partial charge on any atom is -0.731 e. The van der Waals surface area contributed by atoms with E-state index in [9.17, 15) is 32.5 Å². The number of nitrogens with zero attached hydrogens (tertiary/aromatic N) is 3. The maximum atomic E-state index is 12.5. The maximum Gasteiger partial charge on any atom is 0.276 e. The average molecular weight is 433 g/mol. The fourth-order valence-electron chi connectivity index (χ4n) is 2.10. The van der Waals surface area contributed by atoms with Crippen LogP contribution in [0.2, 0.25) is 0 Å². The number of thiazole rings is 1. The molecule has 13 nitrogen and oxygen atoms in total. The van der Waals surface area contributed by atoms with Gasteiger partial charge in [0, 0.05) is 5.38 Å². The zero-order valence-corrected chi connectivity index (χ0v) is 16.4. The highest BCUT2D eigenvalue weighted by Crippen LogP contribution is 2.23. The second-order valence-electron chi connectivity index (χ2n) is 6.18. The molecule has 28 heavy (non-hydrogen) atoms. The van der Waals surface area contributed by atoms with E-state index >= 15 is 0 Å². The number of hydrogen-bond acceptors (Lipinski definition) is 12. The SMILES string of the molecule is CC1C(NC(=O)/C(=N/OC(C)(C)C(=O)[O-])c2csc(N)n2)C(=O)N1S(=O)(=O)[O-]. The van der Waals surface area contributed by atoms with Gasteiger partial charge in [-0.1, -0.05) is 5.16 Å². The summed E-state index contributed by atoms with van der Waals surface area (Å²) in [5.41, 5.74) is 3.04. The molecule has 154 valence electrons. The summed E-state index contributed by atoms with van der Waals surface area (Å²) in [6.45, 7) is 3.51. The first-order chi connectivity index (χ1) is 12.8. The lowest BCUT2D eigenvalue weighted by atomic mass is 10.0. The zero-order chi connectivity index (χ0) is 21.4. The van der Waals surface area contributed by atoms with Gasteiger partial charge in [0.1, 0.15) is 11.7 Å². The van der Waals surface area contributed by atoms with Gasteiger partial charge in [0.05, 0.1) is 12.0 Å². The molecule has 2 rings (SSSR count). The molecule has 2 atom stereocenters. The summed E-state index contributed by atoms with van der Waals surface area (Å²) in [7, 11) is -5.01. The van der Waals surface area contributed by atoms with E-state index in [1.54, 1.807) is 0 Å². The average Bonchev–Trinajstić information content (AvgIpc) is 2.97. The Hall–Kier alpha value is -2.78. The zero-order valence-electron chi connectivity index (χ0n) is 14.7. The first kappa shape index (κ1) is 21.5. The Morgan fingerprint density at radius 2 is 2.07 bits per heavy atom. The van der Waals surface area contributed by atoms with Crippen molar-refractivity contribution < 1.29 is 37.3 Å². The number of carboxylic acids is 1. The number of rotatable bonds is 7. The Labute approximate surface area is 163 Å². The van der Waals surface area contributed by atoms with Gasteiger partial charge >= 0.3 is 0 Å². The number of aromatic nitrogens is 1. The van der Waals surface area contributed by atoms with Crippen LogP contribution in [0.3, 0.4) is 0 Å². The number of carboxylic acid groups (broad SMARTS) is 1. The Morgan fingerprint density at radius 3 is 2.50 bits per heavy atom. The predicted octanol–water partition coefficient (Wildman–Crippen LogP) is -2.85. The molecule has 1 aliphatic rings. The van der Waals surface area contributed by atoms with Crippen LogP contribution in [0, 0.1) is 0 Å². The number of nitrogens with one attached hydrogen (secondary N) is 1. The van der Waals surface area contributed by atoms with Gasteiger partial charge in [-0.15, -0.1) is 11.3 Å². The van der Waals surface area contributed by atoms with Crippen molar-refractivity contribution in [3.8, 4) is 0 Å². The van der Waals surface area contributed by atoms with E-state index in [0.29, 0.717) is 0 Å². The van der Waals surface area contributed by atoms with Gasteiger partial charge in [-0.2, -0.15) is 0 Å². The molecular formula is C13H15N5O8S2-2. The van der Waals surface area contributed by atoms with Crippen molar-refractivity contribution in [1.29, 1.82) is 0 Å². The van der Waals surface area contributed by atoms with E-state index in [0.717, 1.165) is 25.2 Å². The smallest absolute Gasteiger partial charge is 0.276 e. The van der Waals surface area contributed by atoms with Gasteiger partial charge in [0.2, 0.25) is 0 Å². The number of hydrogen-bond donors (Lipinski definition) is 2. The number of oxime groups is 1. The first-order valence-corrected chi connectivity index (χ1v) is 9.79. The molecule has 1 fully saturated rings. The van der Waals surface area contributed by atoms with Gasteiger partial charge in [0.25, 0.3) is 11.8 Å². The Balaban J connectivity index is 2.26. The summed E-state index contributed by atoms with van der Waals surface area (Å²) in [5.74, 6) is -3.75. The van der Waals surface area contributed by atoms with Crippen molar-refractivity contribution in [3.63, 3.8) is 0 Å². The summed E-state index contributed by atoms with van der Waals surface area (Å²) in [5, 5.41) is 18.1. The normalized spacial score (nSPS) is 20.5. The third kappa shape index (κ3) is 4.20. The molecular weight excluding hydrogens is 418 g/mol. The van der Waals surface area contributed by atoms with Gasteiger partial charge in [-0.05, 0) is 20.8 Å². The van der Waals surface area contributed by atoms with Gasteiger partial charge in [-0.25, -0.2) is 17.7 Å². The predicted molar refractivity (Wildman–Crippen MR) is 91.2 cm³/mol. The first-order valence-electron chi connectivity index (χ1n) is 7.54. The van der Waals surface area contributed by atoms with Crippen LogP contribution in [0.25, 0.3) is 0 Å². The lowest BCUT2D eigenvalue weighted by molar-refractivity contribution is -0.325.